The number of hydrogen-bond acceptors (Lipinski definition) is 4. The topological polar surface area (TPSA) is 85.3 Å². The number of aromatic nitrogens is 3. The van der Waals surface area contributed by atoms with Crippen molar-refractivity contribution in [1.29, 1.82) is 0 Å². The first-order valence-corrected chi connectivity index (χ1v) is 12.5. The van der Waals surface area contributed by atoms with Gasteiger partial charge >= 0.3 is 0 Å². The van der Waals surface area contributed by atoms with Crippen LogP contribution in [0.1, 0.15) is 48.5 Å². The van der Waals surface area contributed by atoms with Gasteiger partial charge in [-0.25, -0.2) is 9.97 Å². The Bertz CT molecular complexity index is 1610. The zero-order chi connectivity index (χ0) is 24.8. The van der Waals surface area contributed by atoms with Crippen LogP contribution in [-0.4, -0.2) is 26.8 Å². The van der Waals surface area contributed by atoms with Gasteiger partial charge in [-0.1, -0.05) is 62.4 Å². The van der Waals surface area contributed by atoms with E-state index < -0.39 is 0 Å². The highest BCUT2D eigenvalue weighted by atomic mass is 16.1. The largest absolute Gasteiger partial charge is 0.367 e. The number of carbonyl (C=O) groups is 1. The number of carbonyl (C=O) groups excluding carboxylic acids is 1. The summed E-state index contributed by atoms with van der Waals surface area (Å²) < 4.78 is 2.11. The molecule has 6 heteroatoms. The molecule has 36 heavy (non-hydrogen) atoms. The van der Waals surface area contributed by atoms with Crippen LogP contribution in [0.2, 0.25) is 0 Å². The van der Waals surface area contributed by atoms with Crippen molar-refractivity contribution in [3.63, 3.8) is 0 Å². The van der Waals surface area contributed by atoms with Crippen LogP contribution in [0.3, 0.4) is 0 Å². The minimum absolute atomic E-state index is 0.371. The Morgan fingerprint density at radius 3 is 2.69 bits per heavy atom. The number of amides is 1. The molecular formula is C30H29N5O. The normalized spacial score (nSPS) is 13.5. The highest BCUT2D eigenvalue weighted by Gasteiger charge is 2.28. The van der Waals surface area contributed by atoms with E-state index in [0.29, 0.717) is 17.4 Å². The minimum Gasteiger partial charge on any atom is -0.367 e. The first-order chi connectivity index (χ1) is 17.5. The van der Waals surface area contributed by atoms with Gasteiger partial charge in [-0.15, -0.1) is 0 Å². The van der Waals surface area contributed by atoms with Crippen LogP contribution in [0.25, 0.3) is 38.9 Å². The maximum Gasteiger partial charge on any atom is 0.248 e. The highest BCUT2D eigenvalue weighted by Crippen LogP contribution is 2.43. The zero-order valence-corrected chi connectivity index (χ0v) is 20.5. The van der Waals surface area contributed by atoms with E-state index in [0.717, 1.165) is 64.3 Å². The number of anilines is 1. The molecule has 2 heterocycles. The van der Waals surface area contributed by atoms with Gasteiger partial charge < -0.3 is 11.1 Å². The molecule has 6 rings (SSSR count). The molecule has 1 amide bonds. The van der Waals surface area contributed by atoms with E-state index in [9.17, 15) is 4.79 Å². The summed E-state index contributed by atoms with van der Waals surface area (Å²) in [4.78, 5) is 21.8. The van der Waals surface area contributed by atoms with Crippen LogP contribution >= 0.6 is 0 Å². The number of nitrogens with zero attached hydrogens (tertiary/aromatic N) is 3. The van der Waals surface area contributed by atoms with Crippen LogP contribution in [-0.2, 0) is 0 Å². The second-order valence-electron chi connectivity index (χ2n) is 10.1. The Labute approximate surface area is 210 Å². The maximum absolute atomic E-state index is 12.0. The number of hydrogen-bond donors (Lipinski definition) is 2. The van der Waals surface area contributed by atoms with Crippen molar-refractivity contribution in [3.8, 4) is 22.5 Å². The van der Waals surface area contributed by atoms with Gasteiger partial charge in [-0.05, 0) is 53.1 Å². The molecule has 1 fully saturated rings. The van der Waals surface area contributed by atoms with Gasteiger partial charge in [0, 0.05) is 29.4 Å². The van der Waals surface area contributed by atoms with Gasteiger partial charge in [0.1, 0.15) is 0 Å². The van der Waals surface area contributed by atoms with Gasteiger partial charge in [0.25, 0.3) is 0 Å². The molecule has 5 aromatic rings. The lowest BCUT2D eigenvalue weighted by molar-refractivity contribution is 0.0999. The summed E-state index contributed by atoms with van der Waals surface area (Å²) in [5.74, 6) is 1.26. The summed E-state index contributed by atoms with van der Waals surface area (Å²) in [6.07, 6.45) is 6.14. The van der Waals surface area contributed by atoms with Crippen molar-refractivity contribution < 1.29 is 4.79 Å². The molecule has 0 spiro atoms. The highest BCUT2D eigenvalue weighted by molar-refractivity contribution is 5.97. The molecule has 3 N–H and O–H groups in total. The molecule has 1 aliphatic carbocycles. The summed E-state index contributed by atoms with van der Waals surface area (Å²) in [7, 11) is 0. The molecule has 0 bridgehead atoms. The fourth-order valence-electron chi connectivity index (χ4n) is 4.88. The van der Waals surface area contributed by atoms with E-state index in [2.05, 4.69) is 78.3 Å². The zero-order valence-electron chi connectivity index (χ0n) is 20.5. The number of imidazole rings is 1. The average Bonchev–Trinajstić information content (AvgIpc) is 3.65. The lowest BCUT2D eigenvalue weighted by Crippen LogP contribution is -2.13. The van der Waals surface area contributed by atoms with Crippen molar-refractivity contribution in [2.45, 2.75) is 32.6 Å². The number of nitrogens with one attached hydrogen (secondary N) is 1. The van der Waals surface area contributed by atoms with Gasteiger partial charge in [-0.3, -0.25) is 9.20 Å². The second kappa shape index (κ2) is 8.79. The maximum atomic E-state index is 12.0. The van der Waals surface area contributed by atoms with Gasteiger partial charge in [0.2, 0.25) is 5.91 Å². The van der Waals surface area contributed by atoms with Crippen molar-refractivity contribution in [1.82, 2.24) is 14.4 Å². The lowest BCUT2D eigenvalue weighted by Gasteiger charge is -2.14. The van der Waals surface area contributed by atoms with Crippen molar-refractivity contribution in [2.24, 2.45) is 11.7 Å². The molecule has 6 nitrogen and oxygen atoms in total. The number of fused-ring (bicyclic) bond motifs is 2. The third-order valence-corrected chi connectivity index (χ3v) is 6.87. The Morgan fingerprint density at radius 2 is 1.92 bits per heavy atom. The molecule has 0 aliphatic heterocycles. The molecule has 0 unspecified atom stereocenters. The van der Waals surface area contributed by atoms with Crippen LogP contribution in [0.5, 0.6) is 0 Å². The van der Waals surface area contributed by atoms with Crippen LogP contribution in [0.15, 0.2) is 73.1 Å². The summed E-state index contributed by atoms with van der Waals surface area (Å²) in [5, 5.41) is 5.85. The standard InChI is InChI=1S/C30H29N5O/c1-18(2)15-32-29-30-33-16-27(21-12-13-24(28(31)36)25(14-21)20-10-11-20)35(30)17-26(34-29)23-9-5-7-19-6-3-4-8-22(19)23/h3-9,12-14,16-18,20H,10-11,15H2,1-2H3,(H2,31,36)(H,32,34). The molecule has 0 radical (unpaired) electrons. The molecule has 0 atom stereocenters. The first-order valence-electron chi connectivity index (χ1n) is 12.5. The van der Waals surface area contributed by atoms with Gasteiger partial charge in [-0.2, -0.15) is 0 Å². The average molecular weight is 476 g/mol. The molecule has 0 saturated heterocycles. The Morgan fingerprint density at radius 1 is 1.11 bits per heavy atom. The minimum atomic E-state index is -0.371. The molecule has 1 aliphatic rings. The Hall–Kier alpha value is -4.19. The van der Waals surface area contributed by atoms with E-state index in [1.807, 2.05) is 18.3 Å². The van der Waals surface area contributed by atoms with E-state index in [1.54, 1.807) is 0 Å². The fraction of sp³-hybridized carbons (Fsp3) is 0.233. The van der Waals surface area contributed by atoms with E-state index in [-0.39, 0.29) is 5.91 Å². The Kier molecular flexibility index (Phi) is 5.44. The lowest BCUT2D eigenvalue weighted by atomic mass is 9.98. The third-order valence-electron chi connectivity index (χ3n) is 6.87. The molecular weight excluding hydrogens is 446 g/mol. The van der Waals surface area contributed by atoms with Crippen molar-refractivity contribution in [2.75, 3.05) is 11.9 Å². The molecule has 1 saturated carbocycles. The number of benzene rings is 3. The summed E-state index contributed by atoms with van der Waals surface area (Å²) in [6.45, 7) is 5.15. The quantitative estimate of drug-likeness (QED) is 0.291. The van der Waals surface area contributed by atoms with Crippen LogP contribution in [0.4, 0.5) is 5.82 Å². The smallest absolute Gasteiger partial charge is 0.248 e. The first kappa shape index (κ1) is 22.3. The number of nitrogens with two attached hydrogens (primary N) is 1. The monoisotopic (exact) mass is 475 g/mol. The third kappa shape index (κ3) is 3.98. The van der Waals surface area contributed by atoms with Gasteiger partial charge in [0.15, 0.2) is 11.5 Å². The van der Waals surface area contributed by atoms with Crippen LogP contribution < -0.4 is 11.1 Å². The van der Waals surface area contributed by atoms with E-state index >= 15 is 0 Å². The van der Waals surface area contributed by atoms with Crippen molar-refractivity contribution >= 4 is 28.1 Å². The SMILES string of the molecule is CC(C)CNc1nc(-c2cccc3ccccc23)cn2c(-c3ccc(C(N)=O)c(C4CC4)c3)cnc12. The predicted octanol–water partition coefficient (Wildman–Crippen LogP) is 6.26. The van der Waals surface area contributed by atoms with E-state index in [4.69, 9.17) is 15.7 Å². The van der Waals surface area contributed by atoms with Crippen molar-refractivity contribution in [3.05, 3.63) is 84.2 Å². The van der Waals surface area contributed by atoms with Gasteiger partial charge in [0.05, 0.1) is 17.6 Å². The predicted molar refractivity (Wildman–Crippen MR) is 145 cm³/mol. The number of rotatable bonds is 7. The molecule has 180 valence electrons. The second-order valence-corrected chi connectivity index (χ2v) is 10.1. The number of primary amides is 1. The fourth-order valence-corrected chi connectivity index (χ4v) is 4.88. The van der Waals surface area contributed by atoms with E-state index in [1.165, 1.54) is 5.39 Å². The van der Waals surface area contributed by atoms with Crippen LogP contribution in [0, 0.1) is 5.92 Å². The molecule has 3 aromatic carbocycles. The molecule has 2 aromatic heterocycles. The summed E-state index contributed by atoms with van der Waals surface area (Å²) >= 11 is 0. The summed E-state index contributed by atoms with van der Waals surface area (Å²) in [6, 6.07) is 20.6. The Balaban J connectivity index is 1.56. The summed E-state index contributed by atoms with van der Waals surface area (Å²) in [5.41, 5.74) is 12.0.